The van der Waals surface area contributed by atoms with E-state index in [-0.39, 0.29) is 0 Å². The first-order valence-electron chi connectivity index (χ1n) is 8.88. The molecule has 2 aromatic heterocycles. The molecule has 2 nitrogen and oxygen atoms in total. The van der Waals surface area contributed by atoms with Crippen molar-refractivity contribution in [1.29, 1.82) is 0 Å². The molecule has 4 aromatic rings. The predicted molar refractivity (Wildman–Crippen MR) is 110 cm³/mol. The van der Waals surface area contributed by atoms with Gasteiger partial charge in [-0.05, 0) is 40.5 Å². The average molecular weight is 334 g/mol. The maximum atomic E-state index is 4.65. The van der Waals surface area contributed by atoms with Gasteiger partial charge >= 0.3 is 0 Å². The third kappa shape index (κ3) is 2.56. The summed E-state index contributed by atoms with van der Waals surface area (Å²) >= 11 is 0. The summed E-state index contributed by atoms with van der Waals surface area (Å²) in [5.74, 6) is 0. The van der Waals surface area contributed by atoms with Crippen molar-refractivity contribution in [1.82, 2.24) is 9.97 Å². The van der Waals surface area contributed by atoms with Crippen LogP contribution in [0.15, 0.2) is 91.3 Å². The van der Waals surface area contributed by atoms with Crippen LogP contribution in [-0.4, -0.2) is 9.97 Å². The first kappa shape index (κ1) is 14.9. The van der Waals surface area contributed by atoms with Crippen LogP contribution < -0.4 is 0 Å². The monoisotopic (exact) mass is 334 g/mol. The van der Waals surface area contributed by atoms with Crippen molar-refractivity contribution in [3.05, 3.63) is 96.9 Å². The molecule has 0 unspecified atom stereocenters. The van der Waals surface area contributed by atoms with Crippen LogP contribution in [0.25, 0.3) is 38.5 Å². The molecule has 1 N–H and O–H groups in total. The van der Waals surface area contributed by atoms with Crippen LogP contribution in [0.5, 0.6) is 0 Å². The van der Waals surface area contributed by atoms with Gasteiger partial charge in [0.2, 0.25) is 0 Å². The Labute approximate surface area is 152 Å². The summed E-state index contributed by atoms with van der Waals surface area (Å²) in [6.45, 7) is 0. The van der Waals surface area contributed by atoms with E-state index in [2.05, 4.69) is 95.1 Å². The maximum Gasteiger partial charge on any atom is 0.137 e. The Balaban J connectivity index is 1.65. The van der Waals surface area contributed by atoms with Crippen molar-refractivity contribution in [3.63, 3.8) is 0 Å². The number of rotatable bonds is 2. The highest BCUT2D eigenvalue weighted by Crippen LogP contribution is 2.31. The Bertz CT molecular complexity index is 1210. The molecule has 2 aromatic carbocycles. The van der Waals surface area contributed by atoms with E-state index in [0.29, 0.717) is 0 Å². The maximum absolute atomic E-state index is 4.65. The summed E-state index contributed by atoms with van der Waals surface area (Å²) in [6, 6.07) is 17.3. The van der Waals surface area contributed by atoms with Crippen LogP contribution in [-0.2, 0) is 0 Å². The summed E-state index contributed by atoms with van der Waals surface area (Å²) in [5.41, 5.74) is 5.65. The van der Waals surface area contributed by atoms with E-state index in [1.165, 1.54) is 27.5 Å². The number of hydrogen-bond acceptors (Lipinski definition) is 1. The lowest BCUT2D eigenvalue weighted by Gasteiger charge is -2.05. The standard InChI is InChI=1S/C24H18N2/c1-2-4-9-18(8-3-1)23-16-26-24-22(23)14-21(15-25-24)20-12-11-17-7-5-6-10-19(17)13-20/h1,3-16H,2H2,(H,25,26). The summed E-state index contributed by atoms with van der Waals surface area (Å²) in [6.07, 6.45) is 15.8. The lowest BCUT2D eigenvalue weighted by atomic mass is 10.00. The highest BCUT2D eigenvalue weighted by atomic mass is 14.8. The summed E-state index contributed by atoms with van der Waals surface area (Å²) < 4.78 is 0. The van der Waals surface area contributed by atoms with Gasteiger partial charge in [0.1, 0.15) is 5.65 Å². The number of nitrogens with one attached hydrogen (secondary N) is 1. The van der Waals surface area contributed by atoms with E-state index >= 15 is 0 Å². The Kier molecular flexibility index (Phi) is 3.53. The largest absolute Gasteiger partial charge is 0.346 e. The summed E-state index contributed by atoms with van der Waals surface area (Å²) in [4.78, 5) is 7.96. The third-order valence-electron chi connectivity index (χ3n) is 4.91. The molecule has 0 bridgehead atoms. The molecule has 0 aliphatic heterocycles. The SMILES string of the molecule is C1=CCC=CC(c2c[nH]c3ncc(-c4ccc5ccccc5c4)cc23)=C1. The van der Waals surface area contributed by atoms with E-state index in [9.17, 15) is 0 Å². The van der Waals surface area contributed by atoms with E-state index in [0.717, 1.165) is 23.0 Å². The number of aromatic nitrogens is 2. The van der Waals surface area contributed by atoms with Crippen LogP contribution in [0.1, 0.15) is 12.0 Å². The normalized spacial score (nSPS) is 13.9. The molecule has 0 saturated heterocycles. The van der Waals surface area contributed by atoms with Gasteiger partial charge in [-0.25, -0.2) is 4.98 Å². The molecule has 0 fully saturated rings. The topological polar surface area (TPSA) is 28.7 Å². The highest BCUT2D eigenvalue weighted by Gasteiger charge is 2.10. The van der Waals surface area contributed by atoms with Crippen molar-refractivity contribution in [2.75, 3.05) is 0 Å². The third-order valence-corrected chi connectivity index (χ3v) is 4.91. The summed E-state index contributed by atoms with van der Waals surface area (Å²) in [5, 5.41) is 3.66. The number of fused-ring (bicyclic) bond motifs is 2. The van der Waals surface area contributed by atoms with Gasteiger partial charge in [0.25, 0.3) is 0 Å². The van der Waals surface area contributed by atoms with Gasteiger partial charge in [-0.3, -0.25) is 0 Å². The van der Waals surface area contributed by atoms with Gasteiger partial charge in [-0.15, -0.1) is 0 Å². The average Bonchev–Trinajstić information content (AvgIpc) is 2.92. The van der Waals surface area contributed by atoms with Gasteiger partial charge in [0.15, 0.2) is 0 Å². The molecule has 2 heterocycles. The Hall–Kier alpha value is -3.39. The molecule has 0 atom stereocenters. The summed E-state index contributed by atoms with van der Waals surface area (Å²) in [7, 11) is 0. The van der Waals surface area contributed by atoms with Gasteiger partial charge in [0.05, 0.1) is 0 Å². The number of aromatic amines is 1. The first-order valence-corrected chi connectivity index (χ1v) is 8.88. The van der Waals surface area contributed by atoms with Crippen LogP contribution in [0.2, 0.25) is 0 Å². The minimum Gasteiger partial charge on any atom is -0.346 e. The predicted octanol–water partition coefficient (Wildman–Crippen LogP) is 6.28. The fourth-order valence-electron chi connectivity index (χ4n) is 3.53. The molecule has 0 saturated carbocycles. The second-order valence-corrected chi connectivity index (χ2v) is 6.57. The van der Waals surface area contributed by atoms with Crippen LogP contribution >= 0.6 is 0 Å². The fourth-order valence-corrected chi connectivity index (χ4v) is 3.53. The van der Waals surface area contributed by atoms with Crippen molar-refractivity contribution < 1.29 is 0 Å². The number of pyridine rings is 1. The van der Waals surface area contributed by atoms with E-state index in [4.69, 9.17) is 0 Å². The molecule has 2 heteroatoms. The van der Waals surface area contributed by atoms with E-state index in [1.807, 2.05) is 6.20 Å². The van der Waals surface area contributed by atoms with E-state index < -0.39 is 0 Å². The Morgan fingerprint density at radius 1 is 0.885 bits per heavy atom. The van der Waals surface area contributed by atoms with Crippen molar-refractivity contribution in [3.8, 4) is 11.1 Å². The van der Waals surface area contributed by atoms with Crippen LogP contribution in [0, 0.1) is 0 Å². The van der Waals surface area contributed by atoms with Gasteiger partial charge in [0, 0.05) is 28.9 Å². The molecule has 0 spiro atoms. The quantitative estimate of drug-likeness (QED) is 0.459. The molecular formula is C24H18N2. The zero-order chi connectivity index (χ0) is 17.3. The molecule has 26 heavy (non-hydrogen) atoms. The smallest absolute Gasteiger partial charge is 0.137 e. The lowest BCUT2D eigenvalue weighted by Crippen LogP contribution is -1.84. The first-order chi connectivity index (χ1) is 12.9. The van der Waals surface area contributed by atoms with Crippen LogP contribution in [0.3, 0.4) is 0 Å². The molecule has 1 aliphatic rings. The minimum absolute atomic E-state index is 0.923. The molecular weight excluding hydrogens is 316 g/mol. The number of H-pyrrole nitrogens is 1. The highest BCUT2D eigenvalue weighted by molar-refractivity contribution is 5.96. The number of hydrogen-bond donors (Lipinski definition) is 1. The van der Waals surface area contributed by atoms with Gasteiger partial charge in [-0.1, -0.05) is 66.8 Å². The molecule has 5 rings (SSSR count). The van der Waals surface area contributed by atoms with Crippen molar-refractivity contribution in [2.45, 2.75) is 6.42 Å². The molecule has 0 amide bonds. The van der Waals surface area contributed by atoms with Crippen molar-refractivity contribution in [2.24, 2.45) is 0 Å². The zero-order valence-corrected chi connectivity index (χ0v) is 14.3. The Morgan fingerprint density at radius 3 is 2.77 bits per heavy atom. The Morgan fingerprint density at radius 2 is 1.81 bits per heavy atom. The fraction of sp³-hybridized carbons (Fsp3) is 0.0417. The number of benzene rings is 2. The van der Waals surface area contributed by atoms with Gasteiger partial charge < -0.3 is 4.98 Å². The molecule has 124 valence electrons. The van der Waals surface area contributed by atoms with Gasteiger partial charge in [-0.2, -0.15) is 0 Å². The molecule has 1 aliphatic carbocycles. The van der Waals surface area contributed by atoms with E-state index in [1.54, 1.807) is 0 Å². The number of nitrogens with zero attached hydrogens (tertiary/aromatic N) is 1. The zero-order valence-electron chi connectivity index (χ0n) is 14.3. The second-order valence-electron chi connectivity index (χ2n) is 6.57. The number of allylic oxidation sites excluding steroid dienone is 6. The second kappa shape index (κ2) is 6.16. The molecule has 0 radical (unpaired) electrons. The van der Waals surface area contributed by atoms with Crippen LogP contribution in [0.4, 0.5) is 0 Å². The minimum atomic E-state index is 0.923. The van der Waals surface area contributed by atoms with Crippen molar-refractivity contribution >= 4 is 27.4 Å². The lowest BCUT2D eigenvalue weighted by molar-refractivity contribution is 1.32.